The normalized spacial score (nSPS) is 31.7. The fraction of sp³-hybridized carbons (Fsp3) is 1.00. The van der Waals surface area contributed by atoms with E-state index in [1.165, 1.54) is 19.3 Å². The Balaban J connectivity index is 2.30. The number of hydrogen-bond donors (Lipinski definition) is 2. The van der Waals surface area contributed by atoms with E-state index in [0.717, 1.165) is 18.9 Å². The molecule has 0 saturated heterocycles. The Labute approximate surface area is 88.1 Å². The zero-order valence-corrected chi connectivity index (χ0v) is 9.84. The standard InChI is InChI=1S/C12H25NO/c1-10-7-11(13-5-4-6-14)9-12(2,3)8-10/h10-11,13-14H,4-9H2,1-3H3/t10-,11+/m0/s1. The first-order valence-electron chi connectivity index (χ1n) is 5.88. The van der Waals surface area contributed by atoms with E-state index < -0.39 is 0 Å². The molecule has 2 atom stereocenters. The molecular formula is C12H25NO. The van der Waals surface area contributed by atoms with Crippen molar-refractivity contribution >= 4 is 0 Å². The van der Waals surface area contributed by atoms with Crippen molar-refractivity contribution < 1.29 is 5.11 Å². The average Bonchev–Trinajstić information content (AvgIpc) is 2.00. The van der Waals surface area contributed by atoms with Crippen LogP contribution in [0.25, 0.3) is 0 Å². The summed E-state index contributed by atoms with van der Waals surface area (Å²) in [6.45, 7) is 8.34. The Morgan fingerprint density at radius 2 is 2.07 bits per heavy atom. The molecule has 0 spiro atoms. The van der Waals surface area contributed by atoms with Crippen molar-refractivity contribution in [2.45, 2.75) is 52.5 Å². The van der Waals surface area contributed by atoms with E-state index in [1.54, 1.807) is 0 Å². The van der Waals surface area contributed by atoms with Crippen LogP contribution in [-0.4, -0.2) is 24.3 Å². The average molecular weight is 199 g/mol. The molecular weight excluding hydrogens is 174 g/mol. The van der Waals surface area contributed by atoms with Gasteiger partial charge in [-0.3, -0.25) is 0 Å². The van der Waals surface area contributed by atoms with Crippen molar-refractivity contribution in [3.8, 4) is 0 Å². The predicted octanol–water partition coefficient (Wildman–Crippen LogP) is 2.17. The Hall–Kier alpha value is -0.0800. The molecule has 1 fully saturated rings. The number of nitrogens with one attached hydrogen (secondary N) is 1. The molecule has 2 heteroatoms. The molecule has 1 rings (SSSR count). The maximum atomic E-state index is 8.71. The van der Waals surface area contributed by atoms with Crippen molar-refractivity contribution in [3.63, 3.8) is 0 Å². The first-order valence-corrected chi connectivity index (χ1v) is 5.88. The maximum Gasteiger partial charge on any atom is 0.0443 e. The first-order chi connectivity index (χ1) is 6.53. The molecule has 0 unspecified atom stereocenters. The first kappa shape index (κ1) is 12.0. The van der Waals surface area contributed by atoms with E-state index in [-0.39, 0.29) is 0 Å². The van der Waals surface area contributed by atoms with Crippen molar-refractivity contribution in [2.75, 3.05) is 13.2 Å². The summed E-state index contributed by atoms with van der Waals surface area (Å²) < 4.78 is 0. The highest BCUT2D eigenvalue weighted by atomic mass is 16.3. The van der Waals surface area contributed by atoms with Gasteiger partial charge in [-0.25, -0.2) is 0 Å². The second kappa shape index (κ2) is 5.13. The third-order valence-electron chi connectivity index (χ3n) is 3.15. The van der Waals surface area contributed by atoms with Gasteiger partial charge in [-0.05, 0) is 43.6 Å². The minimum atomic E-state index is 0.304. The highest BCUT2D eigenvalue weighted by Gasteiger charge is 2.31. The highest BCUT2D eigenvalue weighted by molar-refractivity contribution is 4.86. The third kappa shape index (κ3) is 3.97. The molecule has 2 N–H and O–H groups in total. The van der Waals surface area contributed by atoms with Crippen LogP contribution in [0.5, 0.6) is 0 Å². The molecule has 1 aliphatic rings. The van der Waals surface area contributed by atoms with Crippen LogP contribution < -0.4 is 5.32 Å². The third-order valence-corrected chi connectivity index (χ3v) is 3.15. The van der Waals surface area contributed by atoms with Gasteiger partial charge in [-0.15, -0.1) is 0 Å². The van der Waals surface area contributed by atoms with Gasteiger partial charge in [0, 0.05) is 12.6 Å². The molecule has 0 aromatic heterocycles. The Morgan fingerprint density at radius 1 is 1.36 bits per heavy atom. The fourth-order valence-corrected chi connectivity index (χ4v) is 2.89. The van der Waals surface area contributed by atoms with Crippen LogP contribution in [0.15, 0.2) is 0 Å². The molecule has 0 aliphatic heterocycles. The lowest BCUT2D eigenvalue weighted by Gasteiger charge is -2.39. The van der Waals surface area contributed by atoms with Gasteiger partial charge < -0.3 is 10.4 Å². The minimum Gasteiger partial charge on any atom is -0.396 e. The molecule has 14 heavy (non-hydrogen) atoms. The second-order valence-electron chi connectivity index (χ2n) is 5.64. The van der Waals surface area contributed by atoms with E-state index in [2.05, 4.69) is 26.1 Å². The number of aliphatic hydroxyl groups excluding tert-OH is 1. The molecule has 84 valence electrons. The smallest absolute Gasteiger partial charge is 0.0443 e. The van der Waals surface area contributed by atoms with Crippen molar-refractivity contribution in [1.29, 1.82) is 0 Å². The molecule has 0 bridgehead atoms. The summed E-state index contributed by atoms with van der Waals surface area (Å²) in [4.78, 5) is 0. The quantitative estimate of drug-likeness (QED) is 0.680. The van der Waals surface area contributed by atoms with Crippen molar-refractivity contribution in [2.24, 2.45) is 11.3 Å². The summed E-state index contributed by atoms with van der Waals surface area (Å²) in [5.74, 6) is 0.838. The largest absolute Gasteiger partial charge is 0.396 e. The Bertz CT molecular complexity index is 168. The van der Waals surface area contributed by atoms with Gasteiger partial charge in [0.2, 0.25) is 0 Å². The van der Waals surface area contributed by atoms with E-state index in [0.29, 0.717) is 18.1 Å². The van der Waals surface area contributed by atoms with Gasteiger partial charge in [0.05, 0.1) is 0 Å². The SMILES string of the molecule is C[C@H]1C[C@@H](NCCCO)CC(C)(C)C1. The molecule has 2 nitrogen and oxygen atoms in total. The molecule has 0 amide bonds. The molecule has 0 radical (unpaired) electrons. The van der Waals surface area contributed by atoms with E-state index >= 15 is 0 Å². The maximum absolute atomic E-state index is 8.71. The lowest BCUT2D eigenvalue weighted by atomic mass is 9.70. The van der Waals surface area contributed by atoms with Crippen LogP contribution >= 0.6 is 0 Å². The Kier molecular flexibility index (Phi) is 4.39. The number of aliphatic hydroxyl groups is 1. The molecule has 0 heterocycles. The van der Waals surface area contributed by atoms with E-state index in [4.69, 9.17) is 5.11 Å². The summed E-state index contributed by atoms with van der Waals surface area (Å²) in [6, 6.07) is 0.667. The molecule has 0 aromatic rings. The van der Waals surface area contributed by atoms with Crippen LogP contribution in [0.3, 0.4) is 0 Å². The summed E-state index contributed by atoms with van der Waals surface area (Å²) in [5.41, 5.74) is 0.495. The van der Waals surface area contributed by atoms with Gasteiger partial charge in [0.15, 0.2) is 0 Å². The second-order valence-corrected chi connectivity index (χ2v) is 5.64. The summed E-state index contributed by atoms with van der Waals surface area (Å²) >= 11 is 0. The van der Waals surface area contributed by atoms with Crippen LogP contribution in [0.1, 0.15) is 46.5 Å². The summed E-state index contributed by atoms with van der Waals surface area (Å²) in [6.07, 6.45) is 4.81. The molecule has 1 aliphatic carbocycles. The Morgan fingerprint density at radius 3 is 2.64 bits per heavy atom. The minimum absolute atomic E-state index is 0.304. The van der Waals surface area contributed by atoms with Gasteiger partial charge >= 0.3 is 0 Å². The van der Waals surface area contributed by atoms with Gasteiger partial charge in [0.25, 0.3) is 0 Å². The predicted molar refractivity (Wildman–Crippen MR) is 60.3 cm³/mol. The van der Waals surface area contributed by atoms with Crippen LogP contribution in [0.4, 0.5) is 0 Å². The summed E-state index contributed by atoms with van der Waals surface area (Å²) in [5, 5.41) is 12.3. The van der Waals surface area contributed by atoms with E-state index in [9.17, 15) is 0 Å². The lowest BCUT2D eigenvalue weighted by molar-refractivity contribution is 0.150. The van der Waals surface area contributed by atoms with Crippen LogP contribution in [-0.2, 0) is 0 Å². The van der Waals surface area contributed by atoms with E-state index in [1.807, 2.05) is 0 Å². The van der Waals surface area contributed by atoms with Crippen molar-refractivity contribution in [1.82, 2.24) is 5.32 Å². The van der Waals surface area contributed by atoms with Crippen LogP contribution in [0, 0.1) is 11.3 Å². The monoisotopic (exact) mass is 199 g/mol. The fourth-order valence-electron chi connectivity index (χ4n) is 2.89. The zero-order valence-electron chi connectivity index (χ0n) is 9.84. The topological polar surface area (TPSA) is 32.3 Å². The number of rotatable bonds is 4. The van der Waals surface area contributed by atoms with Gasteiger partial charge in [-0.2, -0.15) is 0 Å². The van der Waals surface area contributed by atoms with Crippen LogP contribution in [0.2, 0.25) is 0 Å². The molecule has 0 aromatic carbocycles. The molecule has 1 saturated carbocycles. The van der Waals surface area contributed by atoms with Gasteiger partial charge in [-0.1, -0.05) is 20.8 Å². The lowest BCUT2D eigenvalue weighted by Crippen LogP contribution is -2.40. The zero-order chi connectivity index (χ0) is 10.6. The highest BCUT2D eigenvalue weighted by Crippen LogP contribution is 2.38. The van der Waals surface area contributed by atoms with Crippen molar-refractivity contribution in [3.05, 3.63) is 0 Å². The van der Waals surface area contributed by atoms with Gasteiger partial charge in [0.1, 0.15) is 0 Å². The number of hydrogen-bond acceptors (Lipinski definition) is 2. The summed E-state index contributed by atoms with van der Waals surface area (Å²) in [7, 11) is 0.